The number of nitrogens with one attached hydrogen (secondary N) is 1. The van der Waals surface area contributed by atoms with E-state index in [1.165, 1.54) is 5.56 Å². The molecule has 30 heavy (non-hydrogen) atoms. The highest BCUT2D eigenvalue weighted by molar-refractivity contribution is 6.07. The predicted molar refractivity (Wildman–Crippen MR) is 115 cm³/mol. The summed E-state index contributed by atoms with van der Waals surface area (Å²) < 4.78 is 2.01. The van der Waals surface area contributed by atoms with E-state index < -0.39 is 5.54 Å². The van der Waals surface area contributed by atoms with Gasteiger partial charge in [0.1, 0.15) is 5.54 Å². The summed E-state index contributed by atoms with van der Waals surface area (Å²) in [5.41, 5.74) is 3.83. The molecule has 1 N–H and O–H groups in total. The van der Waals surface area contributed by atoms with Crippen LogP contribution in [0.25, 0.3) is 5.69 Å². The van der Waals surface area contributed by atoms with Crippen LogP contribution in [0.1, 0.15) is 49.6 Å². The van der Waals surface area contributed by atoms with Gasteiger partial charge < -0.3 is 4.90 Å². The second-order valence-electron chi connectivity index (χ2n) is 8.47. The lowest BCUT2D eigenvalue weighted by Crippen LogP contribution is -2.56. The number of amides is 3. The van der Waals surface area contributed by atoms with E-state index >= 15 is 0 Å². The predicted octanol–water partition coefficient (Wildman–Crippen LogP) is 3.18. The molecule has 3 amide bonds. The topological polar surface area (TPSA) is 70.5 Å². The standard InChI is InChI=1S/C23H31N5O2/c1-4-5-13-27-22(30)24-21(29)23(27)11-14-26(15-12-23)16-20-17(2)25-28(18(20)3)19-9-7-6-8-10-19/h6-10H,4-5,11-16H2,1-3H3,(H,24,29,30). The number of carbonyl (C=O) groups is 2. The van der Waals surface area contributed by atoms with Gasteiger partial charge in [0.05, 0.1) is 11.4 Å². The molecule has 0 saturated carbocycles. The molecule has 0 radical (unpaired) electrons. The van der Waals surface area contributed by atoms with Crippen LogP contribution >= 0.6 is 0 Å². The maximum absolute atomic E-state index is 12.7. The zero-order valence-corrected chi connectivity index (χ0v) is 18.1. The van der Waals surface area contributed by atoms with Gasteiger partial charge in [0.2, 0.25) is 0 Å². The molecule has 1 aromatic carbocycles. The van der Waals surface area contributed by atoms with Crippen molar-refractivity contribution in [2.75, 3.05) is 19.6 Å². The molecule has 160 valence electrons. The lowest BCUT2D eigenvalue weighted by molar-refractivity contribution is -0.129. The van der Waals surface area contributed by atoms with Gasteiger partial charge in [-0.25, -0.2) is 9.48 Å². The van der Waals surface area contributed by atoms with Crippen LogP contribution in [0.4, 0.5) is 4.79 Å². The molecular formula is C23H31N5O2. The van der Waals surface area contributed by atoms with Gasteiger partial charge in [-0.3, -0.25) is 15.0 Å². The van der Waals surface area contributed by atoms with E-state index in [1.807, 2.05) is 22.9 Å². The van der Waals surface area contributed by atoms with Crippen molar-refractivity contribution in [3.63, 3.8) is 0 Å². The zero-order valence-electron chi connectivity index (χ0n) is 18.1. The summed E-state index contributed by atoms with van der Waals surface area (Å²) in [7, 11) is 0. The molecule has 2 saturated heterocycles. The van der Waals surface area contributed by atoms with Crippen LogP contribution in [0, 0.1) is 13.8 Å². The quantitative estimate of drug-likeness (QED) is 0.744. The lowest BCUT2D eigenvalue weighted by Gasteiger charge is -2.42. The highest BCUT2D eigenvalue weighted by Crippen LogP contribution is 2.34. The summed E-state index contributed by atoms with van der Waals surface area (Å²) in [5.74, 6) is -0.118. The van der Waals surface area contributed by atoms with Gasteiger partial charge in [0.15, 0.2) is 0 Å². The Morgan fingerprint density at radius 3 is 2.47 bits per heavy atom. The minimum Gasteiger partial charge on any atom is -0.310 e. The maximum atomic E-state index is 12.7. The molecule has 2 aromatic rings. The maximum Gasteiger partial charge on any atom is 0.325 e. The minimum absolute atomic E-state index is 0.118. The summed E-state index contributed by atoms with van der Waals surface area (Å²) in [6, 6.07) is 9.95. The number of hydrogen-bond acceptors (Lipinski definition) is 4. The molecular weight excluding hydrogens is 378 g/mol. The Balaban J connectivity index is 1.47. The third-order valence-corrected chi connectivity index (χ3v) is 6.65. The average Bonchev–Trinajstić information content (AvgIpc) is 3.16. The van der Waals surface area contributed by atoms with E-state index in [0.717, 1.165) is 49.6 Å². The Morgan fingerprint density at radius 1 is 1.10 bits per heavy atom. The molecule has 0 aliphatic carbocycles. The Bertz CT molecular complexity index is 929. The third-order valence-electron chi connectivity index (χ3n) is 6.65. The van der Waals surface area contributed by atoms with Crippen LogP contribution in [0.15, 0.2) is 30.3 Å². The Morgan fingerprint density at radius 2 is 1.80 bits per heavy atom. The van der Waals surface area contributed by atoms with Crippen molar-refractivity contribution in [2.45, 2.75) is 58.5 Å². The molecule has 1 aromatic heterocycles. The normalized spacial score (nSPS) is 19.0. The molecule has 2 fully saturated rings. The Hall–Kier alpha value is -2.67. The number of likely N-dealkylation sites (tertiary alicyclic amines) is 1. The van der Waals surface area contributed by atoms with E-state index in [-0.39, 0.29) is 11.9 Å². The van der Waals surface area contributed by atoms with Gasteiger partial charge in [0.25, 0.3) is 5.91 Å². The number of benzene rings is 1. The first kappa shape index (κ1) is 20.6. The van der Waals surface area contributed by atoms with Gasteiger partial charge in [-0.1, -0.05) is 31.5 Å². The SMILES string of the molecule is CCCCN1C(=O)NC(=O)C12CCN(Cc1c(C)nn(-c3ccccc3)c1C)CC2. The van der Waals surface area contributed by atoms with E-state index in [1.54, 1.807) is 4.90 Å². The van der Waals surface area contributed by atoms with Gasteiger partial charge in [-0.15, -0.1) is 0 Å². The van der Waals surface area contributed by atoms with Gasteiger partial charge in [-0.05, 0) is 45.2 Å². The summed E-state index contributed by atoms with van der Waals surface area (Å²) in [4.78, 5) is 29.2. The smallest absolute Gasteiger partial charge is 0.310 e. The van der Waals surface area contributed by atoms with E-state index in [9.17, 15) is 9.59 Å². The molecule has 7 nitrogen and oxygen atoms in total. The second-order valence-corrected chi connectivity index (χ2v) is 8.47. The first-order chi connectivity index (χ1) is 14.5. The molecule has 2 aliphatic rings. The monoisotopic (exact) mass is 409 g/mol. The second kappa shape index (κ2) is 8.22. The molecule has 2 aliphatic heterocycles. The fourth-order valence-electron chi connectivity index (χ4n) is 4.76. The van der Waals surface area contributed by atoms with Crippen LogP contribution in [-0.2, 0) is 11.3 Å². The number of unbranched alkanes of at least 4 members (excludes halogenated alkanes) is 1. The number of piperidine rings is 1. The van der Waals surface area contributed by atoms with Crippen LogP contribution in [-0.4, -0.2) is 56.7 Å². The molecule has 4 rings (SSSR count). The van der Waals surface area contributed by atoms with Crippen LogP contribution in [0.5, 0.6) is 0 Å². The zero-order chi connectivity index (χ0) is 21.3. The third kappa shape index (κ3) is 3.51. The van der Waals surface area contributed by atoms with Crippen molar-refractivity contribution in [2.24, 2.45) is 0 Å². The number of carbonyl (C=O) groups excluding carboxylic acids is 2. The van der Waals surface area contributed by atoms with E-state index in [0.29, 0.717) is 19.4 Å². The van der Waals surface area contributed by atoms with Crippen molar-refractivity contribution in [3.8, 4) is 5.69 Å². The Kier molecular flexibility index (Phi) is 5.64. The number of aromatic nitrogens is 2. The summed E-state index contributed by atoms with van der Waals surface area (Å²) in [6.45, 7) is 9.32. The molecule has 3 heterocycles. The molecule has 7 heteroatoms. The molecule has 0 unspecified atom stereocenters. The first-order valence-electron chi connectivity index (χ1n) is 10.9. The number of imide groups is 1. The minimum atomic E-state index is -0.666. The largest absolute Gasteiger partial charge is 0.325 e. The summed E-state index contributed by atoms with van der Waals surface area (Å²) >= 11 is 0. The van der Waals surface area contributed by atoms with Crippen molar-refractivity contribution in [1.29, 1.82) is 0 Å². The van der Waals surface area contributed by atoms with E-state index in [4.69, 9.17) is 5.10 Å². The number of urea groups is 1. The number of hydrogen-bond donors (Lipinski definition) is 1. The Labute approximate surface area is 178 Å². The summed E-state index contributed by atoms with van der Waals surface area (Å²) in [6.07, 6.45) is 3.28. The number of rotatable bonds is 6. The molecule has 0 bridgehead atoms. The number of nitrogens with zero attached hydrogens (tertiary/aromatic N) is 4. The van der Waals surface area contributed by atoms with Gasteiger partial charge in [-0.2, -0.15) is 5.10 Å². The fourth-order valence-corrected chi connectivity index (χ4v) is 4.76. The fraction of sp³-hybridized carbons (Fsp3) is 0.522. The van der Waals surface area contributed by atoms with Crippen molar-refractivity contribution < 1.29 is 9.59 Å². The van der Waals surface area contributed by atoms with Crippen molar-refractivity contribution in [1.82, 2.24) is 24.9 Å². The van der Waals surface area contributed by atoms with Crippen LogP contribution in [0.2, 0.25) is 0 Å². The average molecular weight is 410 g/mol. The first-order valence-corrected chi connectivity index (χ1v) is 10.9. The van der Waals surface area contributed by atoms with Gasteiger partial charge >= 0.3 is 6.03 Å². The van der Waals surface area contributed by atoms with Gasteiger partial charge in [0, 0.05) is 37.4 Å². The highest BCUT2D eigenvalue weighted by Gasteiger charge is 2.53. The highest BCUT2D eigenvalue weighted by atomic mass is 16.2. The lowest BCUT2D eigenvalue weighted by atomic mass is 9.85. The summed E-state index contributed by atoms with van der Waals surface area (Å²) in [5, 5.41) is 7.31. The van der Waals surface area contributed by atoms with Crippen molar-refractivity contribution in [3.05, 3.63) is 47.3 Å². The van der Waals surface area contributed by atoms with Crippen molar-refractivity contribution >= 4 is 11.9 Å². The number of para-hydroxylation sites is 1. The van der Waals surface area contributed by atoms with Crippen LogP contribution < -0.4 is 5.32 Å². The molecule has 0 atom stereocenters. The number of aryl methyl sites for hydroxylation is 1. The van der Waals surface area contributed by atoms with E-state index in [2.05, 4.69) is 43.1 Å². The molecule has 1 spiro atoms. The van der Waals surface area contributed by atoms with Crippen LogP contribution in [0.3, 0.4) is 0 Å².